The number of carbonyl (C=O) groups excluding carboxylic acids is 2. The van der Waals surface area contributed by atoms with E-state index in [4.69, 9.17) is 16.3 Å². The number of halogens is 1. The topological polar surface area (TPSA) is 46.6 Å². The predicted molar refractivity (Wildman–Crippen MR) is 83.8 cm³/mol. The second-order valence-corrected chi connectivity index (χ2v) is 6.54. The van der Waals surface area contributed by atoms with Gasteiger partial charge in [0.2, 0.25) is 0 Å². The molecule has 1 spiro atoms. The molecule has 1 aliphatic carbocycles. The number of esters is 1. The summed E-state index contributed by atoms with van der Waals surface area (Å²) in [4.78, 5) is 26.7. The van der Waals surface area contributed by atoms with E-state index >= 15 is 0 Å². The van der Waals surface area contributed by atoms with Crippen molar-refractivity contribution in [2.45, 2.75) is 31.7 Å². The molecule has 0 aromatic heterocycles. The van der Waals surface area contributed by atoms with E-state index in [1.54, 1.807) is 6.92 Å². The molecule has 1 saturated heterocycles. The normalized spacial score (nSPS) is 28.0. The van der Waals surface area contributed by atoms with Crippen molar-refractivity contribution in [3.8, 4) is 0 Å². The molecule has 118 valence electrons. The first-order chi connectivity index (χ1) is 10.5. The van der Waals surface area contributed by atoms with Gasteiger partial charge in [-0.05, 0) is 44.0 Å². The van der Waals surface area contributed by atoms with Crippen molar-refractivity contribution < 1.29 is 14.3 Å². The molecule has 0 bridgehead atoms. The molecule has 3 rings (SSSR count). The van der Waals surface area contributed by atoms with E-state index in [9.17, 15) is 9.59 Å². The zero-order chi connectivity index (χ0) is 15.9. The van der Waals surface area contributed by atoms with E-state index in [0.717, 1.165) is 18.4 Å². The number of fused-ring (bicyclic) bond motifs is 2. The highest BCUT2D eigenvalue weighted by atomic mass is 35.5. The van der Waals surface area contributed by atoms with Crippen molar-refractivity contribution in [1.29, 1.82) is 0 Å². The van der Waals surface area contributed by atoms with Gasteiger partial charge < -0.3 is 4.74 Å². The third kappa shape index (κ3) is 2.25. The largest absolute Gasteiger partial charge is 0.465 e. The highest BCUT2D eigenvalue weighted by molar-refractivity contribution is 6.31. The summed E-state index contributed by atoms with van der Waals surface area (Å²) in [5, 5.41) is 0.712. The number of hydrogen-bond acceptors (Lipinski definition) is 4. The van der Waals surface area contributed by atoms with Crippen molar-refractivity contribution in [2.75, 3.05) is 20.2 Å². The molecule has 1 aliphatic heterocycles. The first kappa shape index (κ1) is 15.5. The Morgan fingerprint density at radius 1 is 1.50 bits per heavy atom. The van der Waals surface area contributed by atoms with E-state index in [1.165, 1.54) is 5.56 Å². The number of Topliss-reactive ketones (excluding diaryl/α,β-unsaturated/α-hetero) is 1. The lowest BCUT2D eigenvalue weighted by atomic mass is 9.77. The molecule has 2 atom stereocenters. The fraction of sp³-hybridized carbons (Fsp3) is 0.529. The van der Waals surface area contributed by atoms with Crippen LogP contribution in [0.2, 0.25) is 5.02 Å². The zero-order valence-electron chi connectivity index (χ0n) is 12.9. The number of benzene rings is 1. The number of ether oxygens (including phenoxy) is 1. The Bertz CT molecular complexity index is 630. The van der Waals surface area contributed by atoms with Gasteiger partial charge in [0.05, 0.1) is 12.1 Å². The average Bonchev–Trinajstić information content (AvgIpc) is 2.84. The molecule has 0 N–H and O–H groups in total. The number of rotatable bonds is 2. The summed E-state index contributed by atoms with van der Waals surface area (Å²) in [6, 6.07) is 5.90. The quantitative estimate of drug-likeness (QED) is 0.620. The molecular formula is C17H20ClNO3. The van der Waals surface area contributed by atoms with E-state index in [1.807, 2.05) is 19.2 Å². The number of carbonyl (C=O) groups is 2. The van der Waals surface area contributed by atoms with Crippen LogP contribution in [0.15, 0.2) is 18.2 Å². The lowest BCUT2D eigenvalue weighted by Gasteiger charge is -2.45. The number of nitrogens with zero attached hydrogens (tertiary/aromatic N) is 1. The van der Waals surface area contributed by atoms with Crippen LogP contribution in [-0.2, 0) is 26.3 Å². The number of likely N-dealkylation sites (tertiary alicyclic amines) is 1. The van der Waals surface area contributed by atoms with Crippen LogP contribution in [0.25, 0.3) is 0 Å². The van der Waals surface area contributed by atoms with Crippen LogP contribution in [0.1, 0.15) is 30.9 Å². The minimum atomic E-state index is -0.679. The second-order valence-electron chi connectivity index (χ2n) is 6.13. The third-order valence-corrected chi connectivity index (χ3v) is 5.30. The maximum atomic E-state index is 12.6. The molecule has 2 aliphatic rings. The average molecular weight is 322 g/mol. The zero-order valence-corrected chi connectivity index (χ0v) is 13.7. The van der Waals surface area contributed by atoms with Crippen LogP contribution in [0.5, 0.6) is 0 Å². The fourth-order valence-electron chi connectivity index (χ4n) is 3.87. The number of piperidine rings is 1. The van der Waals surface area contributed by atoms with Gasteiger partial charge in [-0.2, -0.15) is 0 Å². The van der Waals surface area contributed by atoms with Crippen LogP contribution >= 0.6 is 11.6 Å². The highest BCUT2D eigenvalue weighted by Crippen LogP contribution is 2.49. The molecule has 0 saturated carbocycles. The van der Waals surface area contributed by atoms with Gasteiger partial charge in [0.25, 0.3) is 0 Å². The Morgan fingerprint density at radius 2 is 2.27 bits per heavy atom. The van der Waals surface area contributed by atoms with Crippen LogP contribution in [-0.4, -0.2) is 36.9 Å². The lowest BCUT2D eigenvalue weighted by Crippen LogP contribution is -2.54. The van der Waals surface area contributed by atoms with Gasteiger partial charge in [0.15, 0.2) is 5.78 Å². The third-order valence-electron chi connectivity index (χ3n) is 4.99. The molecule has 22 heavy (non-hydrogen) atoms. The molecule has 2 unspecified atom stereocenters. The van der Waals surface area contributed by atoms with Gasteiger partial charge in [0, 0.05) is 18.0 Å². The van der Waals surface area contributed by atoms with Crippen LogP contribution < -0.4 is 0 Å². The summed E-state index contributed by atoms with van der Waals surface area (Å²) in [6.45, 7) is 2.44. The van der Waals surface area contributed by atoms with Crippen molar-refractivity contribution in [1.82, 2.24) is 4.90 Å². The Labute approximate surface area is 135 Å². The number of aryl methyl sites for hydroxylation is 1. The smallest absolute Gasteiger partial charge is 0.317 e. The first-order valence-electron chi connectivity index (χ1n) is 7.68. The van der Waals surface area contributed by atoms with Crippen molar-refractivity contribution in [3.63, 3.8) is 0 Å². The van der Waals surface area contributed by atoms with Crippen LogP contribution in [0.3, 0.4) is 0 Å². The van der Waals surface area contributed by atoms with Crippen LogP contribution in [0, 0.1) is 5.92 Å². The number of ketones is 1. The molecule has 0 radical (unpaired) electrons. The molecule has 1 fully saturated rings. The summed E-state index contributed by atoms with van der Waals surface area (Å²) >= 11 is 6.42. The summed E-state index contributed by atoms with van der Waals surface area (Å²) in [6.07, 6.45) is 2.10. The highest BCUT2D eigenvalue weighted by Gasteiger charge is 2.51. The Morgan fingerprint density at radius 3 is 3.00 bits per heavy atom. The summed E-state index contributed by atoms with van der Waals surface area (Å²) in [5.74, 6) is -1.13. The summed E-state index contributed by atoms with van der Waals surface area (Å²) in [5.41, 5.74) is 1.91. The predicted octanol–water partition coefficient (Wildman–Crippen LogP) is 2.57. The van der Waals surface area contributed by atoms with E-state index in [2.05, 4.69) is 11.0 Å². The maximum Gasteiger partial charge on any atom is 0.317 e. The Kier molecular flexibility index (Phi) is 4.00. The van der Waals surface area contributed by atoms with Crippen LogP contribution in [0.4, 0.5) is 0 Å². The standard InChI is InChI=1S/C17H20ClNO3/c1-3-22-16(21)12-10-19(2)17(9-14(12)20)8-7-11-5-4-6-13(18)15(11)17/h4-6,12H,3,7-10H2,1-2H3. The molecule has 4 nitrogen and oxygen atoms in total. The van der Waals surface area contributed by atoms with Gasteiger partial charge in [-0.3, -0.25) is 14.5 Å². The molecular weight excluding hydrogens is 302 g/mol. The molecule has 1 heterocycles. The minimum absolute atomic E-state index is 0.0377. The molecule has 1 aromatic carbocycles. The van der Waals surface area contributed by atoms with Crippen molar-refractivity contribution >= 4 is 23.4 Å². The van der Waals surface area contributed by atoms with Gasteiger partial charge >= 0.3 is 5.97 Å². The summed E-state index contributed by atoms with van der Waals surface area (Å²) in [7, 11) is 1.97. The van der Waals surface area contributed by atoms with Gasteiger partial charge in [0.1, 0.15) is 5.92 Å². The SMILES string of the molecule is CCOC(=O)C1CN(C)C2(CCc3cccc(Cl)c32)CC1=O. The molecule has 0 amide bonds. The van der Waals surface area contributed by atoms with Gasteiger partial charge in [-0.15, -0.1) is 0 Å². The first-order valence-corrected chi connectivity index (χ1v) is 8.06. The van der Waals surface area contributed by atoms with Crippen molar-refractivity contribution in [3.05, 3.63) is 34.3 Å². The maximum absolute atomic E-state index is 12.6. The fourth-order valence-corrected chi connectivity index (χ4v) is 4.24. The van der Waals surface area contributed by atoms with Crippen molar-refractivity contribution in [2.24, 2.45) is 5.92 Å². The molecule has 1 aromatic rings. The molecule has 5 heteroatoms. The Hall–Kier alpha value is -1.39. The lowest BCUT2D eigenvalue weighted by molar-refractivity contribution is -0.156. The second kappa shape index (κ2) is 5.67. The monoisotopic (exact) mass is 321 g/mol. The van der Waals surface area contributed by atoms with Gasteiger partial charge in [-0.1, -0.05) is 23.7 Å². The van der Waals surface area contributed by atoms with E-state index in [0.29, 0.717) is 24.6 Å². The Balaban J connectivity index is 1.94. The van der Waals surface area contributed by atoms with E-state index in [-0.39, 0.29) is 11.3 Å². The van der Waals surface area contributed by atoms with Gasteiger partial charge in [-0.25, -0.2) is 0 Å². The number of hydrogen-bond donors (Lipinski definition) is 0. The van der Waals surface area contributed by atoms with E-state index < -0.39 is 11.9 Å². The minimum Gasteiger partial charge on any atom is -0.465 e. The summed E-state index contributed by atoms with van der Waals surface area (Å²) < 4.78 is 5.03.